The van der Waals surface area contributed by atoms with Crippen molar-refractivity contribution in [3.63, 3.8) is 0 Å². The number of carbonyl (C=O) groups is 2. The number of ether oxygens (including phenoxy) is 1. The molecule has 0 aliphatic carbocycles. The highest BCUT2D eigenvalue weighted by Crippen LogP contribution is 2.18. The van der Waals surface area contributed by atoms with Crippen LogP contribution in [-0.4, -0.2) is 30.8 Å². The van der Waals surface area contributed by atoms with Crippen molar-refractivity contribution in [1.82, 2.24) is 5.32 Å². The zero-order valence-electron chi connectivity index (χ0n) is 12.1. The zero-order chi connectivity index (χ0) is 15.0. The second-order valence-corrected chi connectivity index (χ2v) is 5.83. The Morgan fingerprint density at radius 2 is 1.95 bits per heavy atom. The molecule has 0 aliphatic rings. The van der Waals surface area contributed by atoms with Gasteiger partial charge in [-0.2, -0.15) is 0 Å². The first-order chi connectivity index (χ1) is 9.51. The van der Waals surface area contributed by atoms with Crippen molar-refractivity contribution in [3.05, 3.63) is 29.8 Å². The molecule has 20 heavy (non-hydrogen) atoms. The van der Waals surface area contributed by atoms with E-state index in [1.165, 1.54) is 12.7 Å². The number of carbonyl (C=O) groups excluding carboxylic acids is 2. The zero-order valence-corrected chi connectivity index (χ0v) is 13.0. The number of aryl methyl sites for hydroxylation is 1. The van der Waals surface area contributed by atoms with Crippen LogP contribution >= 0.6 is 11.8 Å². The van der Waals surface area contributed by atoms with Crippen molar-refractivity contribution >= 4 is 23.6 Å². The predicted octanol–water partition coefficient (Wildman–Crippen LogP) is 2.55. The minimum atomic E-state index is -0.313. The number of nitrogens with one attached hydrogen (secondary N) is 1. The van der Waals surface area contributed by atoms with E-state index >= 15 is 0 Å². The molecule has 0 radical (unpaired) electrons. The Morgan fingerprint density at radius 3 is 2.55 bits per heavy atom. The Morgan fingerprint density at radius 1 is 1.30 bits per heavy atom. The minimum Gasteiger partial charge on any atom is -0.469 e. The lowest BCUT2D eigenvalue weighted by molar-refractivity contribution is -0.141. The van der Waals surface area contributed by atoms with Crippen molar-refractivity contribution in [2.45, 2.75) is 37.6 Å². The summed E-state index contributed by atoms with van der Waals surface area (Å²) < 4.78 is 4.56. The molecule has 1 aromatic rings. The first kappa shape index (κ1) is 16.6. The third-order valence-electron chi connectivity index (χ3n) is 2.73. The maximum atomic E-state index is 11.7. The van der Waals surface area contributed by atoms with Gasteiger partial charge in [-0.15, -0.1) is 11.8 Å². The fourth-order valence-electron chi connectivity index (χ4n) is 1.63. The van der Waals surface area contributed by atoms with Crippen LogP contribution in [0.2, 0.25) is 0 Å². The van der Waals surface area contributed by atoms with Crippen molar-refractivity contribution in [1.29, 1.82) is 0 Å². The first-order valence-electron chi connectivity index (χ1n) is 6.57. The Balaban J connectivity index is 2.23. The van der Waals surface area contributed by atoms with Crippen LogP contribution in [-0.2, 0) is 14.3 Å². The summed E-state index contributed by atoms with van der Waals surface area (Å²) in [5.41, 5.74) is 1.23. The first-order valence-corrected chi connectivity index (χ1v) is 7.55. The summed E-state index contributed by atoms with van der Waals surface area (Å²) in [4.78, 5) is 23.9. The lowest BCUT2D eigenvalue weighted by atomic mass is 10.2. The van der Waals surface area contributed by atoms with E-state index in [-0.39, 0.29) is 24.3 Å². The highest BCUT2D eigenvalue weighted by molar-refractivity contribution is 7.99. The van der Waals surface area contributed by atoms with Gasteiger partial charge < -0.3 is 10.1 Å². The van der Waals surface area contributed by atoms with E-state index in [4.69, 9.17) is 0 Å². The second-order valence-electron chi connectivity index (χ2n) is 4.66. The molecule has 0 aliphatic heterocycles. The molecule has 0 heterocycles. The molecule has 1 amide bonds. The smallest absolute Gasteiger partial charge is 0.307 e. The van der Waals surface area contributed by atoms with Gasteiger partial charge in [0.25, 0.3) is 0 Å². The van der Waals surface area contributed by atoms with E-state index in [0.717, 1.165) is 10.6 Å². The van der Waals surface area contributed by atoms with Crippen molar-refractivity contribution in [2.75, 3.05) is 12.9 Å². The van der Waals surface area contributed by atoms with E-state index in [1.54, 1.807) is 18.7 Å². The van der Waals surface area contributed by atoms with Crippen LogP contribution in [0.5, 0.6) is 0 Å². The van der Waals surface area contributed by atoms with E-state index in [1.807, 2.05) is 6.92 Å². The molecule has 0 fully saturated rings. The largest absolute Gasteiger partial charge is 0.469 e. The SMILES string of the molecule is COC(=O)CC(C)NC(=O)CCSc1ccc(C)cc1. The third-order valence-corrected chi connectivity index (χ3v) is 3.74. The number of esters is 1. The molecule has 5 heteroatoms. The maximum absolute atomic E-state index is 11.7. The molecular weight excluding hydrogens is 274 g/mol. The summed E-state index contributed by atoms with van der Waals surface area (Å²) >= 11 is 1.65. The van der Waals surface area contributed by atoms with Crippen LogP contribution in [0, 0.1) is 6.92 Å². The fraction of sp³-hybridized carbons (Fsp3) is 0.467. The topological polar surface area (TPSA) is 55.4 Å². The quantitative estimate of drug-likeness (QED) is 0.620. The van der Waals surface area contributed by atoms with Crippen LogP contribution in [0.25, 0.3) is 0 Å². The van der Waals surface area contributed by atoms with Crippen LogP contribution in [0.3, 0.4) is 0 Å². The molecule has 1 unspecified atom stereocenters. The highest BCUT2D eigenvalue weighted by atomic mass is 32.2. The molecular formula is C15H21NO3S. The molecule has 0 bridgehead atoms. The summed E-state index contributed by atoms with van der Waals surface area (Å²) in [6.07, 6.45) is 0.636. The van der Waals surface area contributed by atoms with Gasteiger partial charge in [-0.1, -0.05) is 17.7 Å². The average molecular weight is 295 g/mol. The van der Waals surface area contributed by atoms with Crippen molar-refractivity contribution in [3.8, 4) is 0 Å². The van der Waals surface area contributed by atoms with E-state index in [9.17, 15) is 9.59 Å². The van der Waals surface area contributed by atoms with Gasteiger partial charge >= 0.3 is 5.97 Å². The molecule has 0 spiro atoms. The number of hydrogen-bond donors (Lipinski definition) is 1. The summed E-state index contributed by atoms with van der Waals surface area (Å²) in [5, 5.41) is 2.79. The van der Waals surface area contributed by atoms with Crippen molar-refractivity contribution < 1.29 is 14.3 Å². The Hall–Kier alpha value is -1.49. The van der Waals surface area contributed by atoms with Gasteiger partial charge in [0.2, 0.25) is 5.91 Å². The summed E-state index contributed by atoms with van der Waals surface area (Å²) in [7, 11) is 1.34. The normalized spacial score (nSPS) is 11.8. The molecule has 4 nitrogen and oxygen atoms in total. The fourth-order valence-corrected chi connectivity index (χ4v) is 2.48. The molecule has 1 N–H and O–H groups in total. The lowest BCUT2D eigenvalue weighted by Gasteiger charge is -2.12. The van der Waals surface area contributed by atoms with Gasteiger partial charge in [0, 0.05) is 23.1 Å². The van der Waals surface area contributed by atoms with Crippen LogP contribution < -0.4 is 5.32 Å². The molecule has 110 valence electrons. The van der Waals surface area contributed by atoms with Gasteiger partial charge in [-0.05, 0) is 26.0 Å². The predicted molar refractivity (Wildman–Crippen MR) is 80.8 cm³/mol. The Bertz CT molecular complexity index is 445. The van der Waals surface area contributed by atoms with Gasteiger partial charge in [-0.3, -0.25) is 9.59 Å². The van der Waals surface area contributed by atoms with Gasteiger partial charge in [0.05, 0.1) is 13.5 Å². The van der Waals surface area contributed by atoms with E-state index in [2.05, 4.69) is 34.3 Å². The number of methoxy groups -OCH3 is 1. The monoisotopic (exact) mass is 295 g/mol. The molecule has 0 aromatic heterocycles. The summed E-state index contributed by atoms with van der Waals surface area (Å²) in [5.74, 6) is 0.368. The van der Waals surface area contributed by atoms with Crippen molar-refractivity contribution in [2.24, 2.45) is 0 Å². The van der Waals surface area contributed by atoms with E-state index < -0.39 is 0 Å². The number of rotatable bonds is 7. The number of hydrogen-bond acceptors (Lipinski definition) is 4. The molecule has 0 saturated heterocycles. The van der Waals surface area contributed by atoms with Gasteiger partial charge in [0.1, 0.15) is 0 Å². The molecule has 1 aromatic carbocycles. The molecule has 1 rings (SSSR count). The van der Waals surface area contributed by atoms with Gasteiger partial charge in [0.15, 0.2) is 0 Å². The summed E-state index contributed by atoms with van der Waals surface area (Å²) in [6, 6.07) is 8.02. The maximum Gasteiger partial charge on any atom is 0.307 e. The second kappa shape index (κ2) is 8.64. The standard InChI is InChI=1S/C15H21NO3S/c1-11-4-6-13(7-5-11)20-9-8-14(17)16-12(2)10-15(18)19-3/h4-7,12H,8-10H2,1-3H3,(H,16,17). The highest BCUT2D eigenvalue weighted by Gasteiger charge is 2.11. The van der Waals surface area contributed by atoms with Crippen LogP contribution in [0.4, 0.5) is 0 Å². The van der Waals surface area contributed by atoms with Crippen LogP contribution in [0.1, 0.15) is 25.3 Å². The Kier molecular flexibility index (Phi) is 7.15. The summed E-state index contributed by atoms with van der Waals surface area (Å²) in [6.45, 7) is 3.84. The number of benzene rings is 1. The number of amides is 1. The van der Waals surface area contributed by atoms with E-state index in [0.29, 0.717) is 6.42 Å². The minimum absolute atomic E-state index is 0.0407. The molecule has 1 atom stereocenters. The van der Waals surface area contributed by atoms with Crippen LogP contribution in [0.15, 0.2) is 29.2 Å². The number of thioether (sulfide) groups is 1. The molecule has 0 saturated carbocycles. The Labute approximate surface area is 124 Å². The average Bonchev–Trinajstić information content (AvgIpc) is 2.40. The third kappa shape index (κ3) is 6.61. The lowest BCUT2D eigenvalue weighted by Crippen LogP contribution is -2.34. The van der Waals surface area contributed by atoms with Gasteiger partial charge in [-0.25, -0.2) is 0 Å².